The highest BCUT2D eigenvalue weighted by Gasteiger charge is 2.46. The van der Waals surface area contributed by atoms with Gasteiger partial charge in [0.1, 0.15) is 0 Å². The first-order valence-corrected chi connectivity index (χ1v) is 10.7. The molecule has 0 aromatic rings. The van der Waals surface area contributed by atoms with E-state index in [0.717, 1.165) is 32.5 Å². The lowest BCUT2D eigenvalue weighted by atomic mass is 9.72. The van der Waals surface area contributed by atoms with Crippen molar-refractivity contribution >= 4 is 0 Å². The lowest BCUT2D eigenvalue weighted by Crippen LogP contribution is -2.58. The van der Waals surface area contributed by atoms with Crippen molar-refractivity contribution in [1.82, 2.24) is 9.80 Å². The average Bonchev–Trinajstić information content (AvgIpc) is 3.00. The number of piperidine rings is 2. The van der Waals surface area contributed by atoms with Gasteiger partial charge in [-0.25, -0.2) is 0 Å². The first kappa shape index (κ1) is 18.2. The van der Waals surface area contributed by atoms with Gasteiger partial charge in [0, 0.05) is 42.1 Å². The summed E-state index contributed by atoms with van der Waals surface area (Å²) in [4.78, 5) is 5.56. The molecule has 144 valence electrons. The van der Waals surface area contributed by atoms with Crippen LogP contribution in [0, 0.1) is 10.8 Å². The maximum absolute atomic E-state index is 5.77. The second-order valence-corrected chi connectivity index (χ2v) is 9.89. The van der Waals surface area contributed by atoms with Crippen molar-refractivity contribution in [3.05, 3.63) is 0 Å². The quantitative estimate of drug-likeness (QED) is 0.778. The summed E-state index contributed by atoms with van der Waals surface area (Å²) in [7, 11) is 0. The number of rotatable bonds is 4. The summed E-state index contributed by atoms with van der Waals surface area (Å²) in [5.74, 6) is 0. The van der Waals surface area contributed by atoms with Crippen LogP contribution in [0.25, 0.3) is 0 Å². The van der Waals surface area contributed by atoms with Crippen LogP contribution in [0.2, 0.25) is 0 Å². The van der Waals surface area contributed by atoms with Gasteiger partial charge in [-0.2, -0.15) is 0 Å². The molecule has 0 amide bonds. The SMILES string of the molecule is CC(CC1CC2(CCN1C(C)C)COC2)N1CCCC2(CCOC2)C1. The smallest absolute Gasteiger partial charge is 0.0545 e. The van der Waals surface area contributed by atoms with Crippen LogP contribution in [0.3, 0.4) is 0 Å². The molecule has 0 bridgehead atoms. The Bertz CT molecular complexity index is 457. The fourth-order valence-corrected chi connectivity index (χ4v) is 5.96. The summed E-state index contributed by atoms with van der Waals surface area (Å²) >= 11 is 0. The van der Waals surface area contributed by atoms with Crippen molar-refractivity contribution in [3.8, 4) is 0 Å². The zero-order chi connectivity index (χ0) is 17.5. The number of hydrogen-bond acceptors (Lipinski definition) is 4. The van der Waals surface area contributed by atoms with Gasteiger partial charge in [0.2, 0.25) is 0 Å². The molecule has 4 fully saturated rings. The van der Waals surface area contributed by atoms with Gasteiger partial charge >= 0.3 is 0 Å². The van der Waals surface area contributed by atoms with Gasteiger partial charge in [0.05, 0.1) is 19.8 Å². The normalized spacial score (nSPS) is 37.7. The highest BCUT2D eigenvalue weighted by molar-refractivity contribution is 4.98. The number of ether oxygens (including phenoxy) is 2. The number of hydrogen-bond donors (Lipinski definition) is 0. The molecule has 0 aliphatic carbocycles. The predicted molar refractivity (Wildman–Crippen MR) is 101 cm³/mol. The minimum absolute atomic E-state index is 0.472. The van der Waals surface area contributed by atoms with E-state index < -0.39 is 0 Å². The third-order valence-corrected chi connectivity index (χ3v) is 7.63. The summed E-state index contributed by atoms with van der Waals surface area (Å²) in [5, 5.41) is 0. The first-order chi connectivity index (χ1) is 12.0. The molecule has 0 aromatic heterocycles. The van der Waals surface area contributed by atoms with E-state index in [1.807, 2.05) is 0 Å². The van der Waals surface area contributed by atoms with Crippen LogP contribution in [0.4, 0.5) is 0 Å². The Morgan fingerprint density at radius 1 is 0.960 bits per heavy atom. The fourth-order valence-electron chi connectivity index (χ4n) is 5.96. The molecule has 25 heavy (non-hydrogen) atoms. The molecule has 0 saturated carbocycles. The third kappa shape index (κ3) is 3.65. The van der Waals surface area contributed by atoms with Crippen molar-refractivity contribution in [3.63, 3.8) is 0 Å². The number of nitrogens with zero attached hydrogens (tertiary/aromatic N) is 2. The summed E-state index contributed by atoms with van der Waals surface area (Å²) < 4.78 is 11.4. The number of likely N-dealkylation sites (tertiary alicyclic amines) is 2. The van der Waals surface area contributed by atoms with Crippen LogP contribution in [0.15, 0.2) is 0 Å². The Balaban J connectivity index is 1.39. The molecule has 2 spiro atoms. The van der Waals surface area contributed by atoms with Crippen LogP contribution in [0.1, 0.15) is 59.3 Å². The first-order valence-electron chi connectivity index (χ1n) is 10.7. The monoisotopic (exact) mass is 350 g/mol. The van der Waals surface area contributed by atoms with E-state index >= 15 is 0 Å². The van der Waals surface area contributed by atoms with Crippen molar-refractivity contribution in [2.75, 3.05) is 46.1 Å². The van der Waals surface area contributed by atoms with Gasteiger partial charge in [0.25, 0.3) is 0 Å². The van der Waals surface area contributed by atoms with Gasteiger partial charge in [-0.3, -0.25) is 9.80 Å². The maximum atomic E-state index is 5.77. The molecule has 4 nitrogen and oxygen atoms in total. The van der Waals surface area contributed by atoms with E-state index in [1.54, 1.807) is 0 Å². The summed E-state index contributed by atoms with van der Waals surface area (Å²) in [6, 6.07) is 2.07. The molecule has 0 N–H and O–H groups in total. The van der Waals surface area contributed by atoms with Gasteiger partial charge in [-0.1, -0.05) is 0 Å². The highest BCUT2D eigenvalue weighted by atomic mass is 16.5. The lowest BCUT2D eigenvalue weighted by molar-refractivity contribution is -0.156. The Labute approximate surface area is 154 Å². The standard InChI is InChI=1S/C21H38N2O2/c1-17(2)23-9-6-21(15-25-16-21)12-19(23)11-18(3)22-8-4-5-20(13-22)7-10-24-14-20/h17-19H,4-16H2,1-3H3. The summed E-state index contributed by atoms with van der Waals surface area (Å²) in [6.07, 6.45) is 8.00. The molecule has 4 heterocycles. The van der Waals surface area contributed by atoms with Crippen LogP contribution in [-0.2, 0) is 9.47 Å². The Hall–Kier alpha value is -0.160. The molecule has 0 aromatic carbocycles. The van der Waals surface area contributed by atoms with E-state index in [2.05, 4.69) is 30.6 Å². The summed E-state index contributed by atoms with van der Waals surface area (Å²) in [5.41, 5.74) is 0.984. The zero-order valence-electron chi connectivity index (χ0n) is 16.6. The largest absolute Gasteiger partial charge is 0.381 e. The van der Waals surface area contributed by atoms with Crippen LogP contribution < -0.4 is 0 Å². The van der Waals surface area contributed by atoms with E-state index in [1.165, 1.54) is 58.2 Å². The molecule has 4 aliphatic rings. The average molecular weight is 351 g/mol. The van der Waals surface area contributed by atoms with E-state index in [0.29, 0.717) is 22.9 Å². The minimum atomic E-state index is 0.472. The molecule has 3 atom stereocenters. The highest BCUT2D eigenvalue weighted by Crippen LogP contribution is 2.43. The van der Waals surface area contributed by atoms with Gasteiger partial charge < -0.3 is 9.47 Å². The summed E-state index contributed by atoms with van der Waals surface area (Å²) in [6.45, 7) is 15.0. The van der Waals surface area contributed by atoms with Crippen molar-refractivity contribution in [2.24, 2.45) is 10.8 Å². The second kappa shape index (κ2) is 7.10. The Morgan fingerprint density at radius 3 is 2.40 bits per heavy atom. The Morgan fingerprint density at radius 2 is 1.76 bits per heavy atom. The van der Waals surface area contributed by atoms with Gasteiger partial charge in [-0.15, -0.1) is 0 Å². The fraction of sp³-hybridized carbons (Fsp3) is 1.00. The second-order valence-electron chi connectivity index (χ2n) is 9.89. The van der Waals surface area contributed by atoms with Crippen molar-refractivity contribution in [2.45, 2.75) is 77.4 Å². The van der Waals surface area contributed by atoms with Crippen LogP contribution in [0.5, 0.6) is 0 Å². The van der Waals surface area contributed by atoms with Gasteiger partial charge in [0.15, 0.2) is 0 Å². The van der Waals surface area contributed by atoms with E-state index in [4.69, 9.17) is 9.47 Å². The van der Waals surface area contributed by atoms with E-state index in [-0.39, 0.29) is 0 Å². The topological polar surface area (TPSA) is 24.9 Å². The molecular weight excluding hydrogens is 312 g/mol. The van der Waals surface area contributed by atoms with Crippen molar-refractivity contribution in [1.29, 1.82) is 0 Å². The molecule has 4 saturated heterocycles. The van der Waals surface area contributed by atoms with Crippen LogP contribution in [-0.4, -0.2) is 74.0 Å². The molecular formula is C21H38N2O2. The zero-order valence-corrected chi connectivity index (χ0v) is 16.6. The van der Waals surface area contributed by atoms with Crippen molar-refractivity contribution < 1.29 is 9.47 Å². The molecule has 4 rings (SSSR count). The van der Waals surface area contributed by atoms with E-state index in [9.17, 15) is 0 Å². The van der Waals surface area contributed by atoms with Gasteiger partial charge in [-0.05, 0) is 72.4 Å². The van der Waals surface area contributed by atoms with Crippen LogP contribution >= 0.6 is 0 Å². The molecule has 0 radical (unpaired) electrons. The predicted octanol–water partition coefficient (Wildman–Crippen LogP) is 3.16. The maximum Gasteiger partial charge on any atom is 0.0545 e. The molecule has 4 heteroatoms. The minimum Gasteiger partial charge on any atom is -0.381 e. The third-order valence-electron chi connectivity index (χ3n) is 7.63. The molecule has 3 unspecified atom stereocenters. The Kier molecular flexibility index (Phi) is 5.18. The lowest BCUT2D eigenvalue weighted by Gasteiger charge is -2.53. The molecule has 4 aliphatic heterocycles.